The SMILES string of the molecule is CCc1nc2ccc(Cl)cn2c1C(=O)Nc1cccc(Br)c1. The molecular formula is C16H13BrClN3O. The average molecular weight is 379 g/mol. The number of imidazole rings is 1. The standard InChI is InChI=1S/C16H13BrClN3O/c1-2-13-15(21-9-11(18)6-7-14(21)20-13)16(22)19-12-5-3-4-10(17)8-12/h3-9H,2H2,1H3,(H,19,22). The second-order valence-electron chi connectivity index (χ2n) is 4.80. The predicted molar refractivity (Wildman–Crippen MR) is 91.7 cm³/mol. The van der Waals surface area contributed by atoms with E-state index in [0.717, 1.165) is 15.9 Å². The molecule has 0 unspecified atom stereocenters. The Morgan fingerprint density at radius 1 is 1.36 bits per heavy atom. The Bertz CT molecular complexity index is 860. The third-order valence-corrected chi connectivity index (χ3v) is 4.00. The highest BCUT2D eigenvalue weighted by Crippen LogP contribution is 2.20. The zero-order valence-electron chi connectivity index (χ0n) is 11.8. The fraction of sp³-hybridized carbons (Fsp3) is 0.125. The van der Waals surface area contributed by atoms with Crippen molar-refractivity contribution in [1.29, 1.82) is 0 Å². The van der Waals surface area contributed by atoms with Crippen LogP contribution < -0.4 is 5.32 Å². The molecule has 0 bridgehead atoms. The van der Waals surface area contributed by atoms with Crippen molar-refractivity contribution >= 4 is 44.8 Å². The van der Waals surface area contributed by atoms with Gasteiger partial charge in [0.05, 0.1) is 10.7 Å². The van der Waals surface area contributed by atoms with Gasteiger partial charge in [0, 0.05) is 16.4 Å². The molecule has 0 aliphatic heterocycles. The predicted octanol–water partition coefficient (Wildman–Crippen LogP) is 4.56. The summed E-state index contributed by atoms with van der Waals surface area (Å²) in [5, 5.41) is 3.46. The Hall–Kier alpha value is -1.85. The molecule has 0 aliphatic rings. The second-order valence-corrected chi connectivity index (χ2v) is 6.15. The smallest absolute Gasteiger partial charge is 0.274 e. The average Bonchev–Trinajstić information content (AvgIpc) is 2.85. The molecule has 1 aromatic carbocycles. The van der Waals surface area contributed by atoms with Crippen molar-refractivity contribution < 1.29 is 4.79 Å². The number of nitrogens with one attached hydrogen (secondary N) is 1. The number of carbonyl (C=O) groups is 1. The number of hydrogen-bond donors (Lipinski definition) is 1. The first-order chi connectivity index (χ1) is 10.6. The van der Waals surface area contributed by atoms with Crippen molar-refractivity contribution in [2.24, 2.45) is 0 Å². The Kier molecular flexibility index (Phi) is 4.18. The van der Waals surface area contributed by atoms with E-state index < -0.39 is 0 Å². The molecule has 0 spiro atoms. The Labute approximate surface area is 141 Å². The zero-order valence-corrected chi connectivity index (χ0v) is 14.1. The molecule has 0 saturated carbocycles. The van der Waals surface area contributed by atoms with Crippen molar-refractivity contribution in [3.63, 3.8) is 0 Å². The van der Waals surface area contributed by atoms with E-state index in [0.29, 0.717) is 22.8 Å². The van der Waals surface area contributed by atoms with Crippen LogP contribution in [0.2, 0.25) is 5.02 Å². The number of anilines is 1. The lowest BCUT2D eigenvalue weighted by Crippen LogP contribution is -2.16. The number of nitrogens with zero attached hydrogens (tertiary/aromatic N) is 2. The number of carbonyl (C=O) groups excluding carboxylic acids is 1. The Morgan fingerprint density at radius 2 is 2.18 bits per heavy atom. The van der Waals surface area contributed by atoms with Crippen LogP contribution in [-0.2, 0) is 6.42 Å². The Morgan fingerprint density at radius 3 is 2.91 bits per heavy atom. The molecule has 0 saturated heterocycles. The maximum atomic E-state index is 12.7. The van der Waals surface area contributed by atoms with Crippen LogP contribution in [0.1, 0.15) is 23.1 Å². The summed E-state index contributed by atoms with van der Waals surface area (Å²) in [5.74, 6) is -0.204. The van der Waals surface area contributed by atoms with E-state index in [4.69, 9.17) is 11.6 Å². The van der Waals surface area contributed by atoms with Crippen LogP contribution in [-0.4, -0.2) is 15.3 Å². The zero-order chi connectivity index (χ0) is 15.7. The summed E-state index contributed by atoms with van der Waals surface area (Å²) in [4.78, 5) is 17.1. The normalized spacial score (nSPS) is 10.9. The number of amides is 1. The third-order valence-electron chi connectivity index (χ3n) is 3.29. The summed E-state index contributed by atoms with van der Waals surface area (Å²) >= 11 is 9.43. The number of rotatable bonds is 3. The van der Waals surface area contributed by atoms with Gasteiger partial charge in [-0.05, 0) is 36.8 Å². The molecule has 1 N–H and O–H groups in total. The number of fused-ring (bicyclic) bond motifs is 1. The maximum absolute atomic E-state index is 12.7. The molecule has 3 rings (SSSR count). The van der Waals surface area contributed by atoms with Crippen LogP contribution in [0.3, 0.4) is 0 Å². The van der Waals surface area contributed by atoms with Gasteiger partial charge in [0.1, 0.15) is 11.3 Å². The van der Waals surface area contributed by atoms with E-state index in [1.165, 1.54) is 0 Å². The van der Waals surface area contributed by atoms with Gasteiger partial charge in [0.25, 0.3) is 5.91 Å². The Balaban J connectivity index is 2.04. The topological polar surface area (TPSA) is 46.4 Å². The highest BCUT2D eigenvalue weighted by molar-refractivity contribution is 9.10. The van der Waals surface area contributed by atoms with Crippen LogP contribution in [0.4, 0.5) is 5.69 Å². The molecule has 22 heavy (non-hydrogen) atoms. The van der Waals surface area contributed by atoms with Gasteiger partial charge in [0.15, 0.2) is 0 Å². The molecule has 0 aliphatic carbocycles. The van der Waals surface area contributed by atoms with Gasteiger partial charge in [-0.1, -0.05) is 40.5 Å². The highest BCUT2D eigenvalue weighted by atomic mass is 79.9. The van der Waals surface area contributed by atoms with Crippen molar-refractivity contribution in [2.75, 3.05) is 5.32 Å². The van der Waals surface area contributed by atoms with Crippen LogP contribution in [0.5, 0.6) is 0 Å². The first-order valence-electron chi connectivity index (χ1n) is 6.82. The minimum absolute atomic E-state index is 0.204. The number of aromatic nitrogens is 2. The minimum atomic E-state index is -0.204. The van der Waals surface area contributed by atoms with Gasteiger partial charge in [-0.2, -0.15) is 0 Å². The molecule has 2 aromatic heterocycles. The van der Waals surface area contributed by atoms with Crippen LogP contribution in [0, 0.1) is 0 Å². The molecule has 2 heterocycles. The minimum Gasteiger partial charge on any atom is -0.321 e. The molecule has 6 heteroatoms. The van der Waals surface area contributed by atoms with E-state index in [1.54, 1.807) is 22.7 Å². The molecule has 3 aromatic rings. The number of halogens is 2. The molecular weight excluding hydrogens is 366 g/mol. The summed E-state index contributed by atoms with van der Waals surface area (Å²) in [6.07, 6.45) is 2.37. The molecule has 0 radical (unpaired) electrons. The van der Waals surface area contributed by atoms with Gasteiger partial charge in [0.2, 0.25) is 0 Å². The molecule has 0 atom stereocenters. The number of pyridine rings is 1. The molecule has 0 fully saturated rings. The van der Waals surface area contributed by atoms with E-state index in [-0.39, 0.29) is 5.91 Å². The summed E-state index contributed by atoms with van der Waals surface area (Å²) in [5.41, 5.74) is 2.69. The van der Waals surface area contributed by atoms with Crippen molar-refractivity contribution in [1.82, 2.24) is 9.38 Å². The summed E-state index contributed by atoms with van der Waals surface area (Å²) < 4.78 is 2.64. The van der Waals surface area contributed by atoms with Crippen LogP contribution in [0.25, 0.3) is 5.65 Å². The van der Waals surface area contributed by atoms with Gasteiger partial charge in [-0.25, -0.2) is 4.98 Å². The first-order valence-corrected chi connectivity index (χ1v) is 7.99. The molecule has 112 valence electrons. The van der Waals surface area contributed by atoms with Crippen LogP contribution in [0.15, 0.2) is 47.1 Å². The summed E-state index contributed by atoms with van der Waals surface area (Å²) in [7, 11) is 0. The largest absolute Gasteiger partial charge is 0.321 e. The molecule has 1 amide bonds. The van der Waals surface area contributed by atoms with E-state index in [1.807, 2.05) is 31.2 Å². The van der Waals surface area contributed by atoms with Crippen molar-refractivity contribution in [3.8, 4) is 0 Å². The maximum Gasteiger partial charge on any atom is 0.274 e. The van der Waals surface area contributed by atoms with Crippen LogP contribution >= 0.6 is 27.5 Å². The third kappa shape index (κ3) is 2.87. The van der Waals surface area contributed by atoms with Gasteiger partial charge in [-0.3, -0.25) is 9.20 Å². The lowest BCUT2D eigenvalue weighted by atomic mass is 10.2. The van der Waals surface area contributed by atoms with E-state index >= 15 is 0 Å². The fourth-order valence-corrected chi connectivity index (χ4v) is 2.87. The number of aryl methyl sites for hydroxylation is 1. The quantitative estimate of drug-likeness (QED) is 0.726. The van der Waals surface area contributed by atoms with E-state index in [9.17, 15) is 4.79 Å². The summed E-state index contributed by atoms with van der Waals surface area (Å²) in [6, 6.07) is 11.0. The molecule has 4 nitrogen and oxygen atoms in total. The van der Waals surface area contributed by atoms with Gasteiger partial charge >= 0.3 is 0 Å². The lowest BCUT2D eigenvalue weighted by molar-refractivity contribution is 0.102. The van der Waals surface area contributed by atoms with Crippen molar-refractivity contribution in [3.05, 3.63) is 63.5 Å². The number of benzene rings is 1. The fourth-order valence-electron chi connectivity index (χ4n) is 2.31. The van der Waals surface area contributed by atoms with E-state index in [2.05, 4.69) is 26.2 Å². The lowest BCUT2D eigenvalue weighted by Gasteiger charge is -2.07. The monoisotopic (exact) mass is 377 g/mol. The van der Waals surface area contributed by atoms with Gasteiger partial charge < -0.3 is 5.32 Å². The second kappa shape index (κ2) is 6.10. The number of hydrogen-bond acceptors (Lipinski definition) is 2. The first kappa shape index (κ1) is 15.1. The highest BCUT2D eigenvalue weighted by Gasteiger charge is 2.18. The summed E-state index contributed by atoms with van der Waals surface area (Å²) in [6.45, 7) is 1.97. The van der Waals surface area contributed by atoms with Crippen molar-refractivity contribution in [2.45, 2.75) is 13.3 Å². The van der Waals surface area contributed by atoms with Gasteiger partial charge in [-0.15, -0.1) is 0 Å².